The van der Waals surface area contributed by atoms with E-state index in [1.54, 1.807) is 13.8 Å². The fourth-order valence-electron chi connectivity index (χ4n) is 16.9. The first-order chi connectivity index (χ1) is 39.8. The summed E-state index contributed by atoms with van der Waals surface area (Å²) in [7, 11) is 0. The number of allylic oxidation sites excluding steroid dienone is 3. The van der Waals surface area contributed by atoms with Gasteiger partial charge in [-0.05, 0) is 85.9 Å². The Labute approximate surface area is 491 Å². The highest BCUT2D eigenvalue weighted by atomic mass is 16.8. The Bertz CT molecular complexity index is 2500. The van der Waals surface area contributed by atoms with Gasteiger partial charge in [0.05, 0.1) is 42.9 Å². The number of aliphatic hydroxyl groups excluding tert-OH is 12. The summed E-state index contributed by atoms with van der Waals surface area (Å²) >= 11 is 0. The zero-order chi connectivity index (χ0) is 62.4. The van der Waals surface area contributed by atoms with Crippen molar-refractivity contribution in [3.8, 4) is 0 Å². The molecule has 4 aliphatic heterocycles. The van der Waals surface area contributed by atoms with Gasteiger partial charge in [-0.2, -0.15) is 0 Å². The van der Waals surface area contributed by atoms with Crippen LogP contribution in [0.1, 0.15) is 100 Å². The first-order valence-corrected chi connectivity index (χ1v) is 29.4. The Morgan fingerprint density at radius 1 is 0.694 bits per heavy atom. The number of fused-ring (bicyclic) bond motifs is 7. The minimum atomic E-state index is -2.28. The van der Waals surface area contributed by atoms with Crippen LogP contribution in [0, 0.1) is 50.2 Å². The minimum absolute atomic E-state index is 0.112. The van der Waals surface area contributed by atoms with Crippen LogP contribution in [0.15, 0.2) is 23.8 Å². The molecule has 9 aliphatic rings. The molecule has 4 saturated carbocycles. The highest BCUT2D eigenvalue weighted by molar-refractivity contribution is 5.82. The van der Waals surface area contributed by atoms with Crippen molar-refractivity contribution in [1.82, 2.24) is 0 Å². The number of ether oxygens (including phenoxy) is 10. The first kappa shape index (κ1) is 66.2. The smallest absolute Gasteiger partial charge is 0.335 e. The van der Waals surface area contributed by atoms with Crippen molar-refractivity contribution in [3.05, 3.63) is 23.8 Å². The predicted octanol–water partition coefficient (Wildman–Crippen LogP) is -2.40. The third kappa shape index (κ3) is 11.1. The highest BCUT2D eigenvalue weighted by Gasteiger charge is 2.74. The largest absolute Gasteiger partial charge is 0.479 e. The number of carbonyl (C=O) groups is 4. The van der Waals surface area contributed by atoms with E-state index in [0.717, 1.165) is 11.9 Å². The number of carboxylic acids is 1. The zero-order valence-corrected chi connectivity index (χ0v) is 49.1. The number of hydrogen-bond acceptors (Lipinski definition) is 26. The van der Waals surface area contributed by atoms with Crippen molar-refractivity contribution in [2.45, 2.75) is 235 Å². The SMILES string of the molecule is CC=CC(=O)O[C@H]1[C@H](O)[C@]2(COC(C)=O)[C@H](O)C[C@]3(C)C(=CC[C@@H]4[C@@]5(C)CC[C@H](O[C@@H]6O[C@H](C(=O)O)[C@@H](O)[C@H](O[C@@H]7OC[C@H](O)[C@H](O)[C@H]7O[C@@H]7OC[C@@H](O)[C@H](O)[C@H]7O)[C@H]6O[C@@H]6O[C@H](CO)[C@H](O)[C@H](O)[C@H]6O)[C@@](C)(C=O)C5CC[C@]43C)[C@@H]2CC1(C)C. The number of rotatable bonds is 15. The maximum Gasteiger partial charge on any atom is 0.335 e. The molecule has 8 fully saturated rings. The van der Waals surface area contributed by atoms with E-state index < -0.39 is 217 Å². The Morgan fingerprint density at radius 3 is 1.96 bits per heavy atom. The van der Waals surface area contributed by atoms with Gasteiger partial charge in [0.15, 0.2) is 31.3 Å². The summed E-state index contributed by atoms with van der Waals surface area (Å²) < 4.78 is 59.8. The summed E-state index contributed by atoms with van der Waals surface area (Å²) in [4.78, 5) is 52.8. The number of aliphatic carboxylic acids is 1. The molecule has 1 unspecified atom stereocenters. The quantitative estimate of drug-likeness (QED) is 0.0267. The lowest BCUT2D eigenvalue weighted by Crippen LogP contribution is -2.72. The number of aldehydes is 1. The fraction of sp³-hybridized carbons (Fsp3) is 0.862. The molecular formula is C58H88O27. The van der Waals surface area contributed by atoms with Crippen LogP contribution in [-0.2, 0) is 66.5 Å². The molecule has 85 heavy (non-hydrogen) atoms. The predicted molar refractivity (Wildman–Crippen MR) is 284 cm³/mol. The van der Waals surface area contributed by atoms with Gasteiger partial charge in [-0.15, -0.1) is 0 Å². The summed E-state index contributed by atoms with van der Waals surface area (Å²) in [6.45, 7) is 12.4. The second-order valence-corrected chi connectivity index (χ2v) is 26.9. The van der Waals surface area contributed by atoms with E-state index in [1.165, 1.54) is 19.1 Å². The molecule has 482 valence electrons. The van der Waals surface area contributed by atoms with Crippen molar-refractivity contribution < 1.29 is 133 Å². The molecule has 27 heteroatoms. The van der Waals surface area contributed by atoms with Gasteiger partial charge >= 0.3 is 17.9 Å². The average molecular weight is 1220 g/mol. The zero-order valence-electron chi connectivity index (χ0n) is 49.1. The van der Waals surface area contributed by atoms with Gasteiger partial charge in [-0.3, -0.25) is 4.79 Å². The topological polar surface area (TPSA) is 424 Å². The molecule has 9 rings (SSSR count). The van der Waals surface area contributed by atoms with Crippen molar-refractivity contribution in [3.63, 3.8) is 0 Å². The Morgan fingerprint density at radius 2 is 1.33 bits per heavy atom. The van der Waals surface area contributed by atoms with E-state index in [-0.39, 0.29) is 25.4 Å². The number of carboxylic acid groups (broad SMARTS) is 1. The van der Waals surface area contributed by atoms with E-state index in [0.29, 0.717) is 32.1 Å². The molecule has 5 aliphatic carbocycles. The first-order valence-electron chi connectivity index (χ1n) is 29.4. The van der Waals surface area contributed by atoms with E-state index in [4.69, 9.17) is 47.4 Å². The molecule has 27 nitrogen and oxygen atoms in total. The third-order valence-electron chi connectivity index (χ3n) is 21.8. The molecular weight excluding hydrogens is 1130 g/mol. The summed E-state index contributed by atoms with van der Waals surface area (Å²) in [6, 6.07) is 0. The van der Waals surface area contributed by atoms with Gasteiger partial charge in [0.2, 0.25) is 0 Å². The van der Waals surface area contributed by atoms with Crippen LogP contribution in [0.2, 0.25) is 0 Å². The molecule has 0 amide bonds. The molecule has 0 aromatic rings. The van der Waals surface area contributed by atoms with Crippen LogP contribution >= 0.6 is 0 Å². The van der Waals surface area contributed by atoms with Crippen LogP contribution in [0.25, 0.3) is 0 Å². The van der Waals surface area contributed by atoms with Crippen LogP contribution in [0.5, 0.6) is 0 Å². The fourth-order valence-corrected chi connectivity index (χ4v) is 16.9. The molecule has 4 heterocycles. The molecule has 0 aromatic heterocycles. The molecule has 30 atom stereocenters. The van der Waals surface area contributed by atoms with Gasteiger partial charge in [0.25, 0.3) is 0 Å². The van der Waals surface area contributed by atoms with Gasteiger partial charge < -0.3 is 119 Å². The van der Waals surface area contributed by atoms with E-state index in [1.807, 2.05) is 13.8 Å². The summed E-state index contributed by atoms with van der Waals surface area (Å²) in [5, 5.41) is 144. The third-order valence-corrected chi connectivity index (χ3v) is 21.8. The lowest BCUT2D eigenvalue weighted by molar-refractivity contribution is -0.398. The van der Waals surface area contributed by atoms with Crippen molar-refractivity contribution >= 4 is 24.2 Å². The Balaban J connectivity index is 1.05. The lowest BCUT2D eigenvalue weighted by atomic mass is 9.33. The molecule has 0 radical (unpaired) electrons. The van der Waals surface area contributed by atoms with E-state index in [2.05, 4.69) is 26.8 Å². The van der Waals surface area contributed by atoms with E-state index >= 15 is 0 Å². The minimum Gasteiger partial charge on any atom is -0.479 e. The van der Waals surface area contributed by atoms with Crippen molar-refractivity contribution in [2.24, 2.45) is 50.2 Å². The van der Waals surface area contributed by atoms with Crippen LogP contribution < -0.4 is 0 Å². The molecule has 0 spiro atoms. The van der Waals surface area contributed by atoms with Crippen molar-refractivity contribution in [2.75, 3.05) is 26.4 Å². The standard InChI is InChI=1S/C58H88O27/c1-9-10-34(65)81-47-46(73)58(23-78-24(2)61)26(17-53(47,3)4)25-11-12-31-54(5)15-14-33(55(6,22-60)30(54)13-16-56(31,7)57(25,8)18-32(58)64)80-52-45(85-50-40(71)38(69)37(68)29(19-59)79-50)42(41(72)43(83-52)48(74)75)82-51-44(36(67)28(63)21-77-51)84-49-39(70)35(66)27(62)20-76-49/h9-11,22,26-33,35-47,49-52,59,62-64,66-73H,12-21,23H2,1-8H3,(H,74,75)/t26-,27+,28-,29+,30?,31+,32+,33-,35-,36-,37-,38-,39+,40+,41-,42-,43-,44+,45+,46-,47-,49-,50-,51-,52+,54-,55-,56+,57+,58-/m0/s1. The van der Waals surface area contributed by atoms with Gasteiger partial charge in [0, 0.05) is 18.4 Å². The van der Waals surface area contributed by atoms with Crippen LogP contribution in [0.4, 0.5) is 0 Å². The maximum absolute atomic E-state index is 14.2. The lowest BCUT2D eigenvalue weighted by Gasteiger charge is -2.72. The molecule has 0 aromatic carbocycles. The maximum atomic E-state index is 14.2. The van der Waals surface area contributed by atoms with Crippen molar-refractivity contribution in [1.29, 1.82) is 0 Å². The monoisotopic (exact) mass is 1220 g/mol. The second-order valence-electron chi connectivity index (χ2n) is 26.9. The van der Waals surface area contributed by atoms with Crippen LogP contribution in [0.3, 0.4) is 0 Å². The Hall–Kier alpha value is -3.24. The summed E-state index contributed by atoms with van der Waals surface area (Å²) in [5.41, 5.74) is -4.73. The summed E-state index contributed by atoms with van der Waals surface area (Å²) in [5.74, 6) is -4.22. The molecule has 0 bridgehead atoms. The molecule has 4 saturated heterocycles. The average Bonchev–Trinajstić information content (AvgIpc) is 0.676. The second kappa shape index (κ2) is 24.5. The van der Waals surface area contributed by atoms with Gasteiger partial charge in [-0.25, -0.2) is 9.59 Å². The van der Waals surface area contributed by atoms with E-state index in [9.17, 15) is 85.6 Å². The normalized spacial score (nSPS) is 51.4. The molecule has 13 N–H and O–H groups in total. The number of esters is 2. The number of carbonyl (C=O) groups excluding carboxylic acids is 3. The number of hydrogen-bond donors (Lipinski definition) is 13. The van der Waals surface area contributed by atoms with Gasteiger partial charge in [0.1, 0.15) is 104 Å². The van der Waals surface area contributed by atoms with Crippen LogP contribution in [-0.4, -0.2) is 252 Å². The number of aliphatic hydroxyl groups is 12. The Kier molecular flexibility index (Phi) is 19.1. The van der Waals surface area contributed by atoms with Gasteiger partial charge in [-0.1, -0.05) is 59.3 Å². The highest BCUT2D eigenvalue weighted by Crippen LogP contribution is 2.76. The summed E-state index contributed by atoms with van der Waals surface area (Å²) in [6.07, 6.45) is -31.5.